The van der Waals surface area contributed by atoms with E-state index in [0.717, 1.165) is 37.2 Å². The highest BCUT2D eigenvalue weighted by Gasteiger charge is 2.25. The number of hydrogen-bond donors (Lipinski definition) is 1. The number of ether oxygens (including phenoxy) is 1. The molecule has 0 radical (unpaired) electrons. The largest absolute Gasteiger partial charge is 0.493 e. The highest BCUT2D eigenvalue weighted by atomic mass is 16.5. The van der Waals surface area contributed by atoms with E-state index in [0.29, 0.717) is 36.1 Å². The Morgan fingerprint density at radius 1 is 0.931 bits per heavy atom. The van der Waals surface area contributed by atoms with Crippen LogP contribution in [0.3, 0.4) is 0 Å². The second kappa shape index (κ2) is 8.68. The first-order valence-corrected chi connectivity index (χ1v) is 10.4. The summed E-state index contributed by atoms with van der Waals surface area (Å²) < 4.78 is 5.74. The molecule has 5 heteroatoms. The molecule has 4 rings (SSSR count). The first-order valence-electron chi connectivity index (χ1n) is 10.4. The Morgan fingerprint density at radius 3 is 2.28 bits per heavy atom. The predicted molar refractivity (Wildman–Crippen MR) is 110 cm³/mol. The number of aromatic carboxylic acids is 1. The molecule has 2 fully saturated rings. The highest BCUT2D eigenvalue weighted by molar-refractivity contribution is 5.94. The predicted octanol–water partition coefficient (Wildman–Crippen LogP) is 4.27. The summed E-state index contributed by atoms with van der Waals surface area (Å²) in [6, 6.07) is 14.7. The SMILES string of the molecule is O=C(O)c1ccccc1CC1CCN(C(=O)c2ccc(OCC3CC3)cc2)CC1. The van der Waals surface area contributed by atoms with Crippen molar-refractivity contribution in [3.8, 4) is 5.75 Å². The molecular formula is C24H27NO4. The number of carboxylic acids is 1. The topological polar surface area (TPSA) is 66.8 Å². The summed E-state index contributed by atoms with van der Waals surface area (Å²) in [6.07, 6.45) is 5.05. The van der Waals surface area contributed by atoms with Crippen LogP contribution < -0.4 is 4.74 Å². The van der Waals surface area contributed by atoms with Crippen molar-refractivity contribution in [3.63, 3.8) is 0 Å². The molecule has 29 heavy (non-hydrogen) atoms. The molecular weight excluding hydrogens is 366 g/mol. The normalized spacial score (nSPS) is 17.2. The van der Waals surface area contributed by atoms with Crippen molar-refractivity contribution in [2.75, 3.05) is 19.7 Å². The third-order valence-corrected chi connectivity index (χ3v) is 5.94. The van der Waals surface area contributed by atoms with Crippen molar-refractivity contribution in [1.82, 2.24) is 4.90 Å². The van der Waals surface area contributed by atoms with Gasteiger partial charge in [0.25, 0.3) is 5.91 Å². The van der Waals surface area contributed by atoms with Crippen molar-refractivity contribution in [2.24, 2.45) is 11.8 Å². The van der Waals surface area contributed by atoms with Gasteiger partial charge in [-0.3, -0.25) is 4.79 Å². The maximum absolute atomic E-state index is 12.8. The molecule has 5 nitrogen and oxygen atoms in total. The summed E-state index contributed by atoms with van der Waals surface area (Å²) in [5.74, 6) is 1.11. The van der Waals surface area contributed by atoms with Crippen LogP contribution in [0.5, 0.6) is 5.75 Å². The molecule has 0 bridgehead atoms. The van der Waals surface area contributed by atoms with Gasteiger partial charge in [-0.05, 0) is 79.8 Å². The molecule has 2 aromatic carbocycles. The average molecular weight is 393 g/mol. The Hall–Kier alpha value is -2.82. The van der Waals surface area contributed by atoms with Crippen LogP contribution in [-0.2, 0) is 6.42 Å². The van der Waals surface area contributed by atoms with E-state index in [-0.39, 0.29) is 5.91 Å². The molecule has 1 aliphatic carbocycles. The van der Waals surface area contributed by atoms with Crippen molar-refractivity contribution in [2.45, 2.75) is 32.1 Å². The molecule has 0 unspecified atom stereocenters. The number of likely N-dealkylation sites (tertiary alicyclic amines) is 1. The van der Waals surface area contributed by atoms with Crippen LogP contribution in [0.2, 0.25) is 0 Å². The first-order chi connectivity index (χ1) is 14.1. The van der Waals surface area contributed by atoms with Crippen LogP contribution in [0.4, 0.5) is 0 Å². The minimum Gasteiger partial charge on any atom is -0.493 e. The van der Waals surface area contributed by atoms with E-state index in [4.69, 9.17) is 4.74 Å². The monoisotopic (exact) mass is 393 g/mol. The number of carbonyl (C=O) groups is 2. The van der Waals surface area contributed by atoms with E-state index < -0.39 is 5.97 Å². The number of nitrogens with zero attached hydrogens (tertiary/aromatic N) is 1. The maximum Gasteiger partial charge on any atom is 0.335 e. The van der Waals surface area contributed by atoms with E-state index in [2.05, 4.69) is 0 Å². The van der Waals surface area contributed by atoms with Gasteiger partial charge in [0.05, 0.1) is 12.2 Å². The molecule has 0 atom stereocenters. The second-order valence-electron chi connectivity index (χ2n) is 8.18. The van der Waals surface area contributed by atoms with Crippen LogP contribution in [0.1, 0.15) is 52.0 Å². The summed E-state index contributed by atoms with van der Waals surface area (Å²) in [7, 11) is 0. The molecule has 2 aliphatic rings. The maximum atomic E-state index is 12.8. The summed E-state index contributed by atoms with van der Waals surface area (Å²) in [5.41, 5.74) is 1.96. The number of hydrogen-bond acceptors (Lipinski definition) is 3. The smallest absolute Gasteiger partial charge is 0.335 e. The van der Waals surface area contributed by atoms with Gasteiger partial charge in [0, 0.05) is 18.7 Å². The third-order valence-electron chi connectivity index (χ3n) is 5.94. The summed E-state index contributed by atoms with van der Waals surface area (Å²) in [4.78, 5) is 26.1. The Morgan fingerprint density at radius 2 is 1.62 bits per heavy atom. The fraction of sp³-hybridized carbons (Fsp3) is 0.417. The number of rotatable bonds is 7. The lowest BCUT2D eigenvalue weighted by Crippen LogP contribution is -2.39. The van der Waals surface area contributed by atoms with Crippen LogP contribution in [-0.4, -0.2) is 41.6 Å². The van der Waals surface area contributed by atoms with Gasteiger partial charge >= 0.3 is 5.97 Å². The van der Waals surface area contributed by atoms with Gasteiger partial charge in [0.1, 0.15) is 5.75 Å². The Kier molecular flexibility index (Phi) is 5.84. The molecule has 1 saturated heterocycles. The quantitative estimate of drug-likeness (QED) is 0.763. The molecule has 1 saturated carbocycles. The van der Waals surface area contributed by atoms with Gasteiger partial charge in [-0.15, -0.1) is 0 Å². The minimum absolute atomic E-state index is 0.0585. The van der Waals surface area contributed by atoms with Crippen molar-refractivity contribution in [3.05, 3.63) is 65.2 Å². The van der Waals surface area contributed by atoms with Gasteiger partial charge in [-0.1, -0.05) is 18.2 Å². The van der Waals surface area contributed by atoms with Crippen LogP contribution >= 0.6 is 0 Å². The Balaban J connectivity index is 1.30. The van der Waals surface area contributed by atoms with Gasteiger partial charge in [0.2, 0.25) is 0 Å². The molecule has 0 spiro atoms. The lowest BCUT2D eigenvalue weighted by molar-refractivity contribution is 0.0690. The van der Waals surface area contributed by atoms with Crippen LogP contribution in [0, 0.1) is 11.8 Å². The Bertz CT molecular complexity index is 865. The minimum atomic E-state index is -0.877. The van der Waals surface area contributed by atoms with E-state index in [1.165, 1.54) is 12.8 Å². The van der Waals surface area contributed by atoms with Gasteiger partial charge < -0.3 is 14.7 Å². The van der Waals surface area contributed by atoms with E-state index >= 15 is 0 Å². The molecule has 1 amide bonds. The van der Waals surface area contributed by atoms with Crippen molar-refractivity contribution < 1.29 is 19.4 Å². The fourth-order valence-corrected chi connectivity index (χ4v) is 3.93. The summed E-state index contributed by atoms with van der Waals surface area (Å²) >= 11 is 0. The molecule has 152 valence electrons. The lowest BCUT2D eigenvalue weighted by atomic mass is 9.88. The van der Waals surface area contributed by atoms with E-state index in [9.17, 15) is 14.7 Å². The van der Waals surface area contributed by atoms with Gasteiger partial charge in [-0.25, -0.2) is 4.79 Å². The van der Waals surface area contributed by atoms with Crippen LogP contribution in [0.15, 0.2) is 48.5 Å². The standard InChI is InChI=1S/C24H27NO4/c26-23(19-7-9-21(10-8-19)29-16-18-5-6-18)25-13-11-17(12-14-25)15-20-3-1-2-4-22(20)24(27)28/h1-4,7-10,17-18H,5-6,11-16H2,(H,27,28). The third kappa shape index (κ3) is 4.97. The number of benzene rings is 2. The average Bonchev–Trinajstić information content (AvgIpc) is 3.57. The molecule has 1 N–H and O–H groups in total. The van der Waals surface area contributed by atoms with Crippen molar-refractivity contribution >= 4 is 11.9 Å². The Labute approximate surface area is 171 Å². The van der Waals surface area contributed by atoms with Crippen molar-refractivity contribution in [1.29, 1.82) is 0 Å². The zero-order valence-corrected chi connectivity index (χ0v) is 16.5. The summed E-state index contributed by atoms with van der Waals surface area (Å²) in [5, 5.41) is 9.36. The fourth-order valence-electron chi connectivity index (χ4n) is 3.93. The lowest BCUT2D eigenvalue weighted by Gasteiger charge is -2.32. The molecule has 1 heterocycles. The first kappa shape index (κ1) is 19.5. The number of piperidine rings is 1. The van der Waals surface area contributed by atoms with E-state index in [1.807, 2.05) is 41.3 Å². The highest BCUT2D eigenvalue weighted by Crippen LogP contribution is 2.30. The van der Waals surface area contributed by atoms with E-state index in [1.54, 1.807) is 12.1 Å². The number of amides is 1. The summed E-state index contributed by atoms with van der Waals surface area (Å²) in [6.45, 7) is 2.18. The molecule has 1 aliphatic heterocycles. The second-order valence-corrected chi connectivity index (χ2v) is 8.18. The van der Waals surface area contributed by atoms with Gasteiger partial charge in [-0.2, -0.15) is 0 Å². The van der Waals surface area contributed by atoms with Gasteiger partial charge in [0.15, 0.2) is 0 Å². The zero-order chi connectivity index (χ0) is 20.2. The zero-order valence-electron chi connectivity index (χ0n) is 16.5. The number of carbonyl (C=O) groups excluding carboxylic acids is 1. The molecule has 2 aromatic rings. The number of carboxylic acid groups (broad SMARTS) is 1. The van der Waals surface area contributed by atoms with Crippen LogP contribution in [0.25, 0.3) is 0 Å². The molecule has 0 aromatic heterocycles.